The minimum Gasteiger partial charge on any atom is -0.320 e. The van der Waals surface area contributed by atoms with Gasteiger partial charge >= 0.3 is 0 Å². The molecule has 0 aliphatic carbocycles. The highest BCUT2D eigenvalue weighted by atomic mass is 32.1. The predicted octanol–water partition coefficient (Wildman–Crippen LogP) is 3.95. The van der Waals surface area contributed by atoms with E-state index in [9.17, 15) is 10.1 Å². The molecule has 0 radical (unpaired) electrons. The molecule has 3 rings (SSSR count). The van der Waals surface area contributed by atoms with Crippen LogP contribution in [0.4, 0.5) is 0 Å². The normalized spacial score (nSPS) is 10.3. The van der Waals surface area contributed by atoms with Gasteiger partial charge in [-0.15, -0.1) is 11.3 Å². The molecule has 0 saturated heterocycles. The van der Waals surface area contributed by atoms with Gasteiger partial charge in [-0.3, -0.25) is 4.79 Å². The summed E-state index contributed by atoms with van der Waals surface area (Å²) < 4.78 is 0. The lowest BCUT2D eigenvalue weighted by Crippen LogP contribution is -2.12. The van der Waals surface area contributed by atoms with Gasteiger partial charge < -0.3 is 4.98 Å². The quantitative estimate of drug-likeness (QED) is 0.777. The van der Waals surface area contributed by atoms with Crippen LogP contribution in [0.2, 0.25) is 0 Å². The van der Waals surface area contributed by atoms with E-state index in [0.717, 1.165) is 21.7 Å². The van der Waals surface area contributed by atoms with Crippen molar-refractivity contribution in [2.24, 2.45) is 0 Å². The van der Waals surface area contributed by atoms with Crippen molar-refractivity contribution in [2.75, 3.05) is 0 Å². The molecular weight excluding hydrogens is 280 g/mol. The highest BCUT2D eigenvalue weighted by Crippen LogP contribution is 2.28. The Morgan fingerprint density at radius 1 is 1.19 bits per heavy atom. The average molecular weight is 292 g/mol. The van der Waals surface area contributed by atoms with E-state index in [1.807, 2.05) is 60.8 Å². The fourth-order valence-electron chi connectivity index (χ4n) is 2.20. The molecule has 0 aliphatic rings. The van der Waals surface area contributed by atoms with Crippen molar-refractivity contribution in [1.82, 2.24) is 4.98 Å². The number of aromatic amines is 1. The number of thiophene rings is 1. The summed E-state index contributed by atoms with van der Waals surface area (Å²) in [5, 5.41) is 11.2. The number of aryl methyl sites for hydroxylation is 1. The van der Waals surface area contributed by atoms with Crippen LogP contribution in [0.3, 0.4) is 0 Å². The van der Waals surface area contributed by atoms with Gasteiger partial charge in [0, 0.05) is 5.56 Å². The Bertz CT molecular complexity index is 869. The molecule has 0 aliphatic heterocycles. The van der Waals surface area contributed by atoms with Crippen molar-refractivity contribution in [3.05, 3.63) is 69.3 Å². The highest BCUT2D eigenvalue weighted by molar-refractivity contribution is 7.13. The summed E-state index contributed by atoms with van der Waals surface area (Å²) in [4.78, 5) is 15.9. The van der Waals surface area contributed by atoms with Gasteiger partial charge in [0.25, 0.3) is 5.56 Å². The molecule has 102 valence electrons. The Labute approximate surface area is 126 Å². The molecular formula is C17H12N2OS. The molecule has 0 bridgehead atoms. The molecule has 2 aromatic heterocycles. The summed E-state index contributed by atoms with van der Waals surface area (Å²) >= 11 is 1.55. The van der Waals surface area contributed by atoms with Crippen LogP contribution in [0.25, 0.3) is 21.7 Å². The number of hydrogen-bond acceptors (Lipinski definition) is 3. The Kier molecular flexibility index (Phi) is 3.43. The second kappa shape index (κ2) is 5.39. The smallest absolute Gasteiger partial charge is 0.266 e. The third-order valence-electron chi connectivity index (χ3n) is 3.29. The van der Waals surface area contributed by atoms with E-state index in [1.165, 1.54) is 0 Å². The van der Waals surface area contributed by atoms with Crippen LogP contribution in [0, 0.1) is 18.3 Å². The topological polar surface area (TPSA) is 56.6 Å². The summed E-state index contributed by atoms with van der Waals surface area (Å²) in [7, 11) is 0. The maximum Gasteiger partial charge on any atom is 0.266 e. The number of rotatable bonds is 2. The van der Waals surface area contributed by atoms with Crippen LogP contribution in [0.1, 0.15) is 11.1 Å². The van der Waals surface area contributed by atoms with Gasteiger partial charge in [0.1, 0.15) is 11.6 Å². The highest BCUT2D eigenvalue weighted by Gasteiger charge is 2.12. The summed E-state index contributed by atoms with van der Waals surface area (Å²) in [6.45, 7) is 2.00. The van der Waals surface area contributed by atoms with Crippen molar-refractivity contribution < 1.29 is 0 Å². The molecule has 1 N–H and O–H groups in total. The summed E-state index contributed by atoms with van der Waals surface area (Å²) in [6.07, 6.45) is 0. The molecule has 0 unspecified atom stereocenters. The largest absolute Gasteiger partial charge is 0.320 e. The Morgan fingerprint density at radius 3 is 2.57 bits per heavy atom. The second-order valence-electron chi connectivity index (χ2n) is 4.76. The lowest BCUT2D eigenvalue weighted by molar-refractivity contribution is 1.22. The minimum atomic E-state index is -0.348. The number of nitriles is 1. The predicted molar refractivity (Wildman–Crippen MR) is 85.3 cm³/mol. The monoisotopic (exact) mass is 292 g/mol. The van der Waals surface area contributed by atoms with Gasteiger partial charge in [0.15, 0.2) is 0 Å². The number of pyridine rings is 1. The third kappa shape index (κ3) is 2.51. The van der Waals surface area contributed by atoms with Crippen LogP contribution in [0.5, 0.6) is 0 Å². The first-order chi connectivity index (χ1) is 10.2. The summed E-state index contributed by atoms with van der Waals surface area (Å²) in [6, 6.07) is 15.6. The van der Waals surface area contributed by atoms with Gasteiger partial charge in [-0.1, -0.05) is 35.9 Å². The fraction of sp³-hybridized carbons (Fsp3) is 0.0588. The first-order valence-corrected chi connectivity index (χ1v) is 7.35. The Morgan fingerprint density at radius 2 is 1.95 bits per heavy atom. The standard InChI is InChI=1S/C17H12N2OS/c1-11-4-6-12(7-5-11)13-9-15(16-3-2-8-21-16)19-17(20)14(13)10-18/h2-9H,1H3,(H,19,20). The molecule has 3 aromatic rings. The van der Waals surface area contributed by atoms with Gasteiger partial charge in [0.05, 0.1) is 10.6 Å². The van der Waals surface area contributed by atoms with Gasteiger partial charge in [-0.25, -0.2) is 0 Å². The van der Waals surface area contributed by atoms with Crippen LogP contribution in [-0.2, 0) is 0 Å². The number of nitrogens with zero attached hydrogens (tertiary/aromatic N) is 1. The molecule has 0 spiro atoms. The zero-order valence-electron chi connectivity index (χ0n) is 11.4. The molecule has 21 heavy (non-hydrogen) atoms. The van der Waals surface area contributed by atoms with Gasteiger partial charge in [0.2, 0.25) is 0 Å². The second-order valence-corrected chi connectivity index (χ2v) is 5.70. The van der Waals surface area contributed by atoms with Crippen molar-refractivity contribution in [3.63, 3.8) is 0 Å². The van der Waals surface area contributed by atoms with E-state index < -0.39 is 0 Å². The van der Waals surface area contributed by atoms with E-state index >= 15 is 0 Å². The molecule has 0 fully saturated rings. The lowest BCUT2D eigenvalue weighted by Gasteiger charge is -2.07. The van der Waals surface area contributed by atoms with Crippen molar-refractivity contribution in [1.29, 1.82) is 5.26 Å². The van der Waals surface area contributed by atoms with E-state index in [-0.39, 0.29) is 11.1 Å². The SMILES string of the molecule is Cc1ccc(-c2cc(-c3cccs3)[nH]c(=O)c2C#N)cc1. The first-order valence-electron chi connectivity index (χ1n) is 6.47. The summed E-state index contributed by atoms with van der Waals surface area (Å²) in [5.74, 6) is 0. The molecule has 0 saturated carbocycles. The third-order valence-corrected chi connectivity index (χ3v) is 4.20. The maximum absolute atomic E-state index is 12.2. The van der Waals surface area contributed by atoms with Crippen LogP contribution >= 0.6 is 11.3 Å². The lowest BCUT2D eigenvalue weighted by atomic mass is 10.00. The zero-order chi connectivity index (χ0) is 14.8. The zero-order valence-corrected chi connectivity index (χ0v) is 12.2. The first kappa shape index (κ1) is 13.3. The van der Waals surface area contributed by atoms with Crippen LogP contribution in [0.15, 0.2) is 52.6 Å². The van der Waals surface area contributed by atoms with Crippen LogP contribution in [-0.4, -0.2) is 4.98 Å². The van der Waals surface area contributed by atoms with Crippen molar-refractivity contribution in [2.45, 2.75) is 6.92 Å². The van der Waals surface area contributed by atoms with E-state index in [2.05, 4.69) is 4.98 Å². The fourth-order valence-corrected chi connectivity index (χ4v) is 2.89. The van der Waals surface area contributed by atoms with E-state index in [0.29, 0.717) is 5.56 Å². The molecule has 2 heterocycles. The van der Waals surface area contributed by atoms with Crippen LogP contribution < -0.4 is 5.56 Å². The molecule has 4 heteroatoms. The Hall–Kier alpha value is -2.64. The molecule has 1 aromatic carbocycles. The Balaban J connectivity index is 2.25. The summed E-state index contributed by atoms with van der Waals surface area (Å²) in [5.41, 5.74) is 3.23. The minimum absolute atomic E-state index is 0.152. The van der Waals surface area contributed by atoms with Gasteiger partial charge in [-0.05, 0) is 30.0 Å². The van der Waals surface area contributed by atoms with Gasteiger partial charge in [-0.2, -0.15) is 5.26 Å². The number of H-pyrrole nitrogens is 1. The average Bonchev–Trinajstić information content (AvgIpc) is 3.01. The molecule has 0 amide bonds. The van der Waals surface area contributed by atoms with Crippen molar-refractivity contribution in [3.8, 4) is 27.8 Å². The van der Waals surface area contributed by atoms with E-state index in [1.54, 1.807) is 11.3 Å². The maximum atomic E-state index is 12.2. The van der Waals surface area contributed by atoms with Crippen molar-refractivity contribution >= 4 is 11.3 Å². The molecule has 3 nitrogen and oxygen atoms in total. The molecule has 0 atom stereocenters. The number of nitrogens with one attached hydrogen (secondary N) is 1. The van der Waals surface area contributed by atoms with E-state index in [4.69, 9.17) is 0 Å². The number of benzene rings is 1. The number of hydrogen-bond donors (Lipinski definition) is 1. The number of aromatic nitrogens is 1.